The van der Waals surface area contributed by atoms with Crippen LogP contribution in [0.2, 0.25) is 0 Å². The number of nitrogens with one attached hydrogen (secondary N) is 1. The molecule has 5 aromatic rings. The summed E-state index contributed by atoms with van der Waals surface area (Å²) in [6.45, 7) is 4.35. The first-order chi connectivity index (χ1) is 15.1. The van der Waals surface area contributed by atoms with Gasteiger partial charge in [-0.15, -0.1) is 5.10 Å². The molecule has 154 valence electrons. The van der Waals surface area contributed by atoms with Crippen molar-refractivity contribution in [1.29, 1.82) is 0 Å². The summed E-state index contributed by atoms with van der Waals surface area (Å²) >= 11 is 1.39. The van der Waals surface area contributed by atoms with Gasteiger partial charge in [0, 0.05) is 23.2 Å². The van der Waals surface area contributed by atoms with E-state index in [1.807, 2.05) is 56.3 Å². The molecule has 0 fully saturated rings. The third kappa shape index (κ3) is 3.49. The predicted molar refractivity (Wildman–Crippen MR) is 120 cm³/mol. The van der Waals surface area contributed by atoms with E-state index in [0.29, 0.717) is 17.4 Å². The first-order valence-corrected chi connectivity index (χ1v) is 10.6. The summed E-state index contributed by atoms with van der Waals surface area (Å²) in [5, 5.41) is 13.7. The number of hydrogen-bond acceptors (Lipinski definition) is 7. The van der Waals surface area contributed by atoms with Crippen molar-refractivity contribution in [3.05, 3.63) is 66.2 Å². The normalized spacial score (nSPS) is 11.2. The van der Waals surface area contributed by atoms with Crippen molar-refractivity contribution >= 4 is 43.4 Å². The van der Waals surface area contributed by atoms with Crippen molar-refractivity contribution in [2.24, 2.45) is 0 Å². The Balaban J connectivity index is 1.44. The monoisotopic (exact) mass is 430 g/mol. The second-order valence-electron chi connectivity index (χ2n) is 6.84. The maximum absolute atomic E-state index is 12.9. The zero-order chi connectivity index (χ0) is 21.4. The SMILES string of the molecule is CCOc1ccc2nc(NC(=O)c3nnn(-c4cccc5cnccc45)c3C)sc2c1. The zero-order valence-corrected chi connectivity index (χ0v) is 17.7. The summed E-state index contributed by atoms with van der Waals surface area (Å²) < 4.78 is 8.14. The molecule has 5 rings (SSSR count). The molecular weight excluding hydrogens is 412 g/mol. The number of rotatable bonds is 5. The van der Waals surface area contributed by atoms with Crippen LogP contribution in [0.5, 0.6) is 5.75 Å². The number of amides is 1. The second kappa shape index (κ2) is 7.77. The van der Waals surface area contributed by atoms with Crippen molar-refractivity contribution in [3.8, 4) is 11.4 Å². The highest BCUT2D eigenvalue weighted by Crippen LogP contribution is 2.30. The third-order valence-corrected chi connectivity index (χ3v) is 5.82. The molecule has 0 bridgehead atoms. The van der Waals surface area contributed by atoms with Crippen LogP contribution < -0.4 is 10.1 Å². The number of nitrogens with zero attached hydrogens (tertiary/aromatic N) is 5. The molecule has 1 N–H and O–H groups in total. The van der Waals surface area contributed by atoms with Gasteiger partial charge in [0.15, 0.2) is 10.8 Å². The molecule has 1 amide bonds. The van der Waals surface area contributed by atoms with Crippen LogP contribution in [0, 0.1) is 6.92 Å². The summed E-state index contributed by atoms with van der Waals surface area (Å²) in [5.74, 6) is 0.426. The van der Waals surface area contributed by atoms with E-state index in [0.717, 1.165) is 32.4 Å². The molecule has 0 radical (unpaired) electrons. The van der Waals surface area contributed by atoms with Gasteiger partial charge in [-0.05, 0) is 44.2 Å². The smallest absolute Gasteiger partial charge is 0.279 e. The number of anilines is 1. The van der Waals surface area contributed by atoms with Gasteiger partial charge < -0.3 is 4.74 Å². The highest BCUT2D eigenvalue weighted by atomic mass is 32.1. The molecule has 9 heteroatoms. The van der Waals surface area contributed by atoms with Crippen LogP contribution in [0.4, 0.5) is 5.13 Å². The predicted octanol–water partition coefficient (Wildman–Crippen LogP) is 4.38. The molecule has 0 aliphatic carbocycles. The number of carbonyl (C=O) groups excluding carboxylic acids is 1. The molecule has 31 heavy (non-hydrogen) atoms. The van der Waals surface area contributed by atoms with Crippen LogP contribution >= 0.6 is 11.3 Å². The van der Waals surface area contributed by atoms with Crippen LogP contribution in [0.15, 0.2) is 54.9 Å². The molecule has 3 heterocycles. The quantitative estimate of drug-likeness (QED) is 0.444. The first kappa shape index (κ1) is 19.1. The van der Waals surface area contributed by atoms with Crippen LogP contribution in [0.1, 0.15) is 23.1 Å². The summed E-state index contributed by atoms with van der Waals surface area (Å²) in [5.41, 5.74) is 2.53. The lowest BCUT2D eigenvalue weighted by Gasteiger charge is -2.07. The topological polar surface area (TPSA) is 94.8 Å². The standard InChI is InChI=1S/C22H18N6O2S/c1-3-30-15-7-8-17-19(11-15)31-22(24-17)25-21(29)20-13(2)28(27-26-20)18-6-4-5-14-12-23-10-9-16(14)18/h4-12H,3H2,1-2H3,(H,24,25,29). The molecule has 0 saturated heterocycles. The molecule has 0 aliphatic rings. The third-order valence-electron chi connectivity index (χ3n) is 4.89. The Morgan fingerprint density at radius 1 is 1.23 bits per heavy atom. The van der Waals surface area contributed by atoms with Crippen molar-refractivity contribution in [2.75, 3.05) is 11.9 Å². The Kier molecular flexibility index (Phi) is 4.79. The van der Waals surface area contributed by atoms with E-state index in [2.05, 4.69) is 25.6 Å². The van der Waals surface area contributed by atoms with Gasteiger partial charge >= 0.3 is 0 Å². The number of fused-ring (bicyclic) bond motifs is 2. The number of aromatic nitrogens is 5. The van der Waals surface area contributed by atoms with Crippen LogP contribution in [0.25, 0.3) is 26.7 Å². The van der Waals surface area contributed by atoms with Crippen LogP contribution in [-0.4, -0.2) is 37.5 Å². The number of hydrogen-bond donors (Lipinski definition) is 1. The molecule has 0 spiro atoms. The average molecular weight is 430 g/mol. The van der Waals surface area contributed by atoms with Gasteiger partial charge in [0.1, 0.15) is 5.75 Å². The van der Waals surface area contributed by atoms with Crippen LogP contribution in [0.3, 0.4) is 0 Å². The number of ether oxygens (including phenoxy) is 1. The lowest BCUT2D eigenvalue weighted by atomic mass is 10.1. The van der Waals surface area contributed by atoms with Crippen LogP contribution in [-0.2, 0) is 0 Å². The number of thiazole rings is 1. The van der Waals surface area contributed by atoms with E-state index < -0.39 is 0 Å². The van der Waals surface area contributed by atoms with E-state index in [9.17, 15) is 4.79 Å². The minimum absolute atomic E-state index is 0.250. The van der Waals surface area contributed by atoms with E-state index in [1.165, 1.54) is 11.3 Å². The van der Waals surface area contributed by atoms with Crippen molar-refractivity contribution < 1.29 is 9.53 Å². The Morgan fingerprint density at radius 3 is 3.00 bits per heavy atom. The number of carbonyl (C=O) groups is 1. The maximum atomic E-state index is 12.9. The molecule has 0 aliphatic heterocycles. The Morgan fingerprint density at radius 2 is 2.13 bits per heavy atom. The molecule has 8 nitrogen and oxygen atoms in total. The second-order valence-corrected chi connectivity index (χ2v) is 7.88. The Labute approximate surface area is 181 Å². The fraction of sp³-hybridized carbons (Fsp3) is 0.136. The van der Waals surface area contributed by atoms with E-state index in [4.69, 9.17) is 4.74 Å². The first-order valence-electron chi connectivity index (χ1n) is 9.74. The molecule has 0 atom stereocenters. The van der Waals surface area contributed by atoms with Gasteiger partial charge in [0.2, 0.25) is 0 Å². The summed E-state index contributed by atoms with van der Waals surface area (Å²) in [6.07, 6.45) is 3.53. The number of pyridine rings is 1. The fourth-order valence-corrected chi connectivity index (χ4v) is 4.32. The highest BCUT2D eigenvalue weighted by Gasteiger charge is 2.20. The molecule has 3 aromatic heterocycles. The van der Waals surface area contributed by atoms with Crippen molar-refractivity contribution in [2.45, 2.75) is 13.8 Å². The van der Waals surface area contributed by atoms with Crippen molar-refractivity contribution in [1.82, 2.24) is 25.0 Å². The molecule has 0 saturated carbocycles. The maximum Gasteiger partial charge on any atom is 0.279 e. The fourth-order valence-electron chi connectivity index (χ4n) is 3.43. The average Bonchev–Trinajstić information content (AvgIpc) is 3.36. The van der Waals surface area contributed by atoms with E-state index >= 15 is 0 Å². The Bertz CT molecular complexity index is 1420. The summed E-state index contributed by atoms with van der Waals surface area (Å²) in [4.78, 5) is 21.5. The zero-order valence-electron chi connectivity index (χ0n) is 16.9. The number of benzene rings is 2. The molecule has 2 aromatic carbocycles. The minimum Gasteiger partial charge on any atom is -0.494 e. The van der Waals surface area contributed by atoms with Gasteiger partial charge in [0.25, 0.3) is 5.91 Å². The van der Waals surface area contributed by atoms with Gasteiger partial charge in [-0.1, -0.05) is 28.7 Å². The molecular formula is C22H18N6O2S. The van der Waals surface area contributed by atoms with E-state index in [1.54, 1.807) is 17.1 Å². The van der Waals surface area contributed by atoms with E-state index in [-0.39, 0.29) is 11.6 Å². The summed E-state index contributed by atoms with van der Waals surface area (Å²) in [6, 6.07) is 13.4. The largest absolute Gasteiger partial charge is 0.494 e. The Hall–Kier alpha value is -3.85. The van der Waals surface area contributed by atoms with Crippen molar-refractivity contribution in [3.63, 3.8) is 0 Å². The van der Waals surface area contributed by atoms with Gasteiger partial charge in [-0.25, -0.2) is 9.67 Å². The molecule has 0 unspecified atom stereocenters. The lowest BCUT2D eigenvalue weighted by molar-refractivity contribution is 0.102. The minimum atomic E-state index is -0.352. The summed E-state index contributed by atoms with van der Waals surface area (Å²) in [7, 11) is 0. The van der Waals surface area contributed by atoms with Gasteiger partial charge in [-0.3, -0.25) is 15.1 Å². The highest BCUT2D eigenvalue weighted by molar-refractivity contribution is 7.22. The van der Waals surface area contributed by atoms with Gasteiger partial charge in [0.05, 0.1) is 28.2 Å². The lowest BCUT2D eigenvalue weighted by Crippen LogP contribution is -2.14. The van der Waals surface area contributed by atoms with Gasteiger partial charge in [-0.2, -0.15) is 0 Å².